The fourth-order valence-electron chi connectivity index (χ4n) is 3.06. The molecule has 136 valence electrons. The van der Waals surface area contributed by atoms with E-state index in [2.05, 4.69) is 35.1 Å². The van der Waals surface area contributed by atoms with Gasteiger partial charge in [-0.15, -0.1) is 0 Å². The van der Waals surface area contributed by atoms with E-state index >= 15 is 0 Å². The van der Waals surface area contributed by atoms with Crippen molar-refractivity contribution in [3.05, 3.63) is 29.7 Å². The number of carbonyl (C=O) groups excluding carboxylic acids is 2. The number of aromatic nitrogens is 2. The molecule has 0 aromatic carbocycles. The molecule has 0 bridgehead atoms. The van der Waals surface area contributed by atoms with Crippen molar-refractivity contribution in [3.63, 3.8) is 0 Å². The molecule has 1 fully saturated rings. The second kappa shape index (κ2) is 7.26. The van der Waals surface area contributed by atoms with E-state index in [0.717, 1.165) is 13.0 Å². The lowest BCUT2D eigenvalue weighted by Gasteiger charge is -2.17. The fourth-order valence-corrected chi connectivity index (χ4v) is 3.06. The molecule has 0 radical (unpaired) electrons. The van der Waals surface area contributed by atoms with Crippen LogP contribution in [0.5, 0.6) is 0 Å². The summed E-state index contributed by atoms with van der Waals surface area (Å²) < 4.78 is 1.72. The number of rotatable bonds is 5. The first-order valence-electron chi connectivity index (χ1n) is 8.85. The molecule has 2 amide bonds. The zero-order chi connectivity index (χ0) is 18.0. The van der Waals surface area contributed by atoms with Crippen LogP contribution in [0.2, 0.25) is 0 Å². The molecule has 3 N–H and O–H groups in total. The third-order valence-corrected chi connectivity index (χ3v) is 4.68. The summed E-state index contributed by atoms with van der Waals surface area (Å²) in [6.07, 6.45) is 4.48. The number of carbonyl (C=O) groups is 2. The highest BCUT2D eigenvalue weighted by Gasteiger charge is 2.31. The van der Waals surface area contributed by atoms with Crippen molar-refractivity contribution >= 4 is 11.8 Å². The molecule has 0 spiro atoms. The summed E-state index contributed by atoms with van der Waals surface area (Å²) in [6, 6.07) is 1.83. The number of aryl methyl sites for hydroxylation is 1. The third kappa shape index (κ3) is 3.84. The van der Waals surface area contributed by atoms with Gasteiger partial charge >= 0.3 is 0 Å². The molecule has 0 aliphatic carbocycles. The van der Waals surface area contributed by atoms with Crippen LogP contribution in [0.4, 0.5) is 0 Å². The summed E-state index contributed by atoms with van der Waals surface area (Å²) in [5.74, 6) is 0.195. The van der Waals surface area contributed by atoms with Crippen LogP contribution >= 0.6 is 0 Å². The zero-order valence-electron chi connectivity index (χ0n) is 15.0. The van der Waals surface area contributed by atoms with E-state index in [4.69, 9.17) is 0 Å². The van der Waals surface area contributed by atoms with E-state index in [1.807, 2.05) is 13.0 Å². The molecule has 8 nitrogen and oxygen atoms in total. The SMILES string of the molecule is CCn1ccc(C(=O)NC2CCN(C(=O)C3=CC(C(C)C)NN3)C2)n1. The van der Waals surface area contributed by atoms with Crippen LogP contribution in [-0.2, 0) is 11.3 Å². The molecule has 8 heteroatoms. The molecule has 2 aliphatic rings. The van der Waals surface area contributed by atoms with Gasteiger partial charge in [0, 0.05) is 37.9 Å². The van der Waals surface area contributed by atoms with E-state index in [-0.39, 0.29) is 23.9 Å². The number of nitrogens with one attached hydrogen (secondary N) is 3. The molecular formula is C17H26N6O2. The summed E-state index contributed by atoms with van der Waals surface area (Å²) >= 11 is 0. The molecule has 1 saturated heterocycles. The Kier molecular flexibility index (Phi) is 5.08. The van der Waals surface area contributed by atoms with Gasteiger partial charge < -0.3 is 15.6 Å². The van der Waals surface area contributed by atoms with Gasteiger partial charge in [0.25, 0.3) is 11.8 Å². The summed E-state index contributed by atoms with van der Waals surface area (Å²) in [5.41, 5.74) is 7.09. The second-order valence-electron chi connectivity index (χ2n) is 6.89. The quantitative estimate of drug-likeness (QED) is 0.711. The van der Waals surface area contributed by atoms with Gasteiger partial charge in [-0.1, -0.05) is 13.8 Å². The Morgan fingerprint density at radius 2 is 2.24 bits per heavy atom. The normalized spacial score (nSPS) is 22.9. The molecule has 2 unspecified atom stereocenters. The number of hydrogen-bond donors (Lipinski definition) is 3. The average molecular weight is 346 g/mol. The van der Waals surface area contributed by atoms with Gasteiger partial charge in [-0.25, -0.2) is 5.43 Å². The van der Waals surface area contributed by atoms with Crippen LogP contribution in [0.15, 0.2) is 24.0 Å². The molecule has 25 heavy (non-hydrogen) atoms. The number of likely N-dealkylation sites (tertiary alicyclic amines) is 1. The minimum atomic E-state index is -0.189. The van der Waals surface area contributed by atoms with Crippen LogP contribution in [0.25, 0.3) is 0 Å². The van der Waals surface area contributed by atoms with Gasteiger partial charge in [0.2, 0.25) is 0 Å². The first-order chi connectivity index (χ1) is 12.0. The summed E-state index contributed by atoms with van der Waals surface area (Å²) in [4.78, 5) is 26.6. The van der Waals surface area contributed by atoms with Crippen molar-refractivity contribution < 1.29 is 9.59 Å². The maximum atomic E-state index is 12.6. The third-order valence-electron chi connectivity index (χ3n) is 4.68. The molecular weight excluding hydrogens is 320 g/mol. The van der Waals surface area contributed by atoms with Crippen molar-refractivity contribution in [2.45, 2.75) is 45.8 Å². The van der Waals surface area contributed by atoms with Gasteiger partial charge in [0.15, 0.2) is 0 Å². The number of nitrogens with zero attached hydrogens (tertiary/aromatic N) is 3. The van der Waals surface area contributed by atoms with Crippen molar-refractivity contribution in [1.82, 2.24) is 30.8 Å². The van der Waals surface area contributed by atoms with Crippen molar-refractivity contribution in [2.24, 2.45) is 5.92 Å². The first-order valence-corrected chi connectivity index (χ1v) is 8.85. The maximum absolute atomic E-state index is 12.6. The lowest BCUT2D eigenvalue weighted by Crippen LogP contribution is -2.41. The summed E-state index contributed by atoms with van der Waals surface area (Å²) in [6.45, 7) is 8.06. The van der Waals surface area contributed by atoms with Gasteiger partial charge in [-0.3, -0.25) is 14.3 Å². The minimum Gasteiger partial charge on any atom is -0.346 e. The lowest BCUT2D eigenvalue weighted by atomic mass is 10.1. The van der Waals surface area contributed by atoms with Crippen molar-refractivity contribution in [2.75, 3.05) is 13.1 Å². The second-order valence-corrected chi connectivity index (χ2v) is 6.89. The zero-order valence-corrected chi connectivity index (χ0v) is 15.0. The standard InChI is InChI=1S/C17H26N6O2/c1-4-23-8-6-13(21-23)16(24)18-12-5-7-22(10-12)17(25)15-9-14(11(2)3)19-20-15/h6,8-9,11-12,14,19-20H,4-5,7,10H2,1-3H3,(H,18,24). The van der Waals surface area contributed by atoms with Crippen LogP contribution in [-0.4, -0.2) is 51.7 Å². The van der Waals surface area contributed by atoms with Gasteiger partial charge in [0.1, 0.15) is 11.4 Å². The first kappa shape index (κ1) is 17.5. The van der Waals surface area contributed by atoms with Gasteiger partial charge in [-0.2, -0.15) is 5.10 Å². The van der Waals surface area contributed by atoms with Gasteiger partial charge in [-0.05, 0) is 31.4 Å². The molecule has 0 saturated carbocycles. The van der Waals surface area contributed by atoms with E-state index in [9.17, 15) is 9.59 Å². The molecule has 3 heterocycles. The van der Waals surface area contributed by atoms with Crippen molar-refractivity contribution in [3.8, 4) is 0 Å². The fraction of sp³-hybridized carbons (Fsp3) is 0.588. The van der Waals surface area contributed by atoms with Crippen LogP contribution in [0.1, 0.15) is 37.7 Å². The Morgan fingerprint density at radius 1 is 1.44 bits per heavy atom. The average Bonchev–Trinajstić information content (AvgIpc) is 3.33. The summed E-state index contributed by atoms with van der Waals surface area (Å²) in [5, 5.41) is 7.18. The maximum Gasteiger partial charge on any atom is 0.272 e. The summed E-state index contributed by atoms with van der Waals surface area (Å²) in [7, 11) is 0. The highest BCUT2D eigenvalue weighted by Crippen LogP contribution is 2.16. The Labute approximate surface area is 147 Å². The Morgan fingerprint density at radius 3 is 2.88 bits per heavy atom. The Hall–Kier alpha value is -2.35. The van der Waals surface area contributed by atoms with Crippen LogP contribution in [0.3, 0.4) is 0 Å². The smallest absolute Gasteiger partial charge is 0.272 e. The monoisotopic (exact) mass is 346 g/mol. The highest BCUT2D eigenvalue weighted by molar-refractivity contribution is 5.94. The predicted molar refractivity (Wildman–Crippen MR) is 93.3 cm³/mol. The van der Waals surface area contributed by atoms with E-state index < -0.39 is 0 Å². The number of hydrazine groups is 1. The number of amides is 2. The topological polar surface area (TPSA) is 91.3 Å². The molecule has 1 aromatic rings. The van der Waals surface area contributed by atoms with E-state index in [1.165, 1.54) is 0 Å². The highest BCUT2D eigenvalue weighted by atomic mass is 16.2. The van der Waals surface area contributed by atoms with E-state index in [1.54, 1.807) is 21.8 Å². The van der Waals surface area contributed by atoms with Crippen molar-refractivity contribution in [1.29, 1.82) is 0 Å². The lowest BCUT2D eigenvalue weighted by molar-refractivity contribution is -0.126. The minimum absolute atomic E-state index is 0.0253. The van der Waals surface area contributed by atoms with E-state index in [0.29, 0.717) is 30.4 Å². The molecule has 2 aliphatic heterocycles. The Bertz CT molecular complexity index is 680. The van der Waals surface area contributed by atoms with Crippen LogP contribution < -0.4 is 16.2 Å². The largest absolute Gasteiger partial charge is 0.346 e. The predicted octanol–water partition coefficient (Wildman–Crippen LogP) is 0.250. The van der Waals surface area contributed by atoms with Crippen LogP contribution in [0, 0.1) is 5.92 Å². The Balaban J connectivity index is 1.54. The molecule has 3 rings (SSSR count). The molecule has 1 aromatic heterocycles. The van der Waals surface area contributed by atoms with Gasteiger partial charge in [0.05, 0.1) is 0 Å². The molecule has 2 atom stereocenters. The number of hydrogen-bond acceptors (Lipinski definition) is 5.